The predicted molar refractivity (Wildman–Crippen MR) is 58.6 cm³/mol. The van der Waals surface area contributed by atoms with E-state index in [4.69, 9.17) is 11.6 Å². The number of H-pyrrole nitrogens is 1. The first kappa shape index (κ1) is 7.83. The van der Waals surface area contributed by atoms with Gasteiger partial charge in [-0.05, 0) is 18.2 Å². The van der Waals surface area contributed by atoms with Crippen molar-refractivity contribution in [1.29, 1.82) is 0 Å². The fraction of sp³-hybridized carbons (Fsp3) is 0. The van der Waals surface area contributed by atoms with Crippen LogP contribution in [-0.2, 0) is 0 Å². The van der Waals surface area contributed by atoms with E-state index in [1.807, 2.05) is 30.3 Å². The molecule has 3 aromatic rings. The Bertz CT molecular complexity index is 613. The van der Waals surface area contributed by atoms with E-state index in [0.717, 1.165) is 27.0 Å². The maximum atomic E-state index is 6.07. The molecule has 2 nitrogen and oxygen atoms in total. The summed E-state index contributed by atoms with van der Waals surface area (Å²) in [6.45, 7) is 0. The van der Waals surface area contributed by atoms with Gasteiger partial charge in [0.1, 0.15) is 0 Å². The van der Waals surface area contributed by atoms with Crippen LogP contribution < -0.4 is 0 Å². The number of pyridine rings is 1. The number of halogens is 1. The van der Waals surface area contributed by atoms with E-state index < -0.39 is 0 Å². The van der Waals surface area contributed by atoms with Gasteiger partial charge >= 0.3 is 0 Å². The summed E-state index contributed by atoms with van der Waals surface area (Å²) >= 11 is 6.07. The van der Waals surface area contributed by atoms with Crippen LogP contribution in [-0.4, -0.2) is 9.97 Å². The first-order chi connectivity index (χ1) is 6.86. The molecule has 14 heavy (non-hydrogen) atoms. The van der Waals surface area contributed by atoms with Gasteiger partial charge in [-0.15, -0.1) is 0 Å². The van der Waals surface area contributed by atoms with Gasteiger partial charge in [0.25, 0.3) is 0 Å². The summed E-state index contributed by atoms with van der Waals surface area (Å²) in [4.78, 5) is 7.57. The second-order valence-electron chi connectivity index (χ2n) is 3.19. The van der Waals surface area contributed by atoms with Gasteiger partial charge in [0, 0.05) is 11.6 Å². The molecule has 0 radical (unpaired) electrons. The fourth-order valence-corrected chi connectivity index (χ4v) is 1.93. The Balaban J connectivity index is 2.63. The van der Waals surface area contributed by atoms with E-state index in [1.54, 1.807) is 6.20 Å². The minimum atomic E-state index is 0.737. The Morgan fingerprint density at radius 3 is 3.00 bits per heavy atom. The van der Waals surface area contributed by atoms with Gasteiger partial charge in [-0.1, -0.05) is 23.7 Å². The molecule has 3 rings (SSSR count). The Kier molecular flexibility index (Phi) is 1.52. The van der Waals surface area contributed by atoms with Crippen molar-refractivity contribution < 1.29 is 0 Å². The molecule has 0 saturated carbocycles. The molecule has 3 heteroatoms. The average Bonchev–Trinajstić information content (AvgIpc) is 2.59. The molecule has 0 amide bonds. The monoisotopic (exact) mass is 202 g/mol. The number of nitrogens with one attached hydrogen (secondary N) is 1. The molecule has 0 fully saturated rings. The van der Waals surface area contributed by atoms with Crippen LogP contribution in [0.25, 0.3) is 21.9 Å². The lowest BCUT2D eigenvalue weighted by atomic mass is 10.2. The maximum Gasteiger partial charge on any atom is 0.0958 e. The molecule has 0 aliphatic rings. The Morgan fingerprint density at radius 2 is 2.07 bits per heavy atom. The molecule has 0 spiro atoms. The molecule has 1 N–H and O–H groups in total. The van der Waals surface area contributed by atoms with E-state index in [9.17, 15) is 0 Å². The van der Waals surface area contributed by atoms with Crippen LogP contribution in [0.5, 0.6) is 0 Å². The number of benzene rings is 1. The highest BCUT2D eigenvalue weighted by atomic mass is 35.5. The van der Waals surface area contributed by atoms with Crippen LogP contribution in [0.4, 0.5) is 0 Å². The third-order valence-electron chi connectivity index (χ3n) is 2.34. The summed E-state index contributed by atoms with van der Waals surface area (Å²) < 4.78 is 0. The van der Waals surface area contributed by atoms with E-state index in [-0.39, 0.29) is 0 Å². The summed E-state index contributed by atoms with van der Waals surface area (Å²) in [6.07, 6.45) is 1.79. The Labute approximate surface area is 85.5 Å². The number of rotatable bonds is 0. The summed E-state index contributed by atoms with van der Waals surface area (Å²) in [7, 11) is 0. The van der Waals surface area contributed by atoms with Crippen molar-refractivity contribution in [2.45, 2.75) is 0 Å². The van der Waals surface area contributed by atoms with Crippen molar-refractivity contribution in [3.63, 3.8) is 0 Å². The second-order valence-corrected chi connectivity index (χ2v) is 3.59. The van der Waals surface area contributed by atoms with E-state index in [2.05, 4.69) is 9.97 Å². The molecule has 0 bridgehead atoms. The lowest BCUT2D eigenvalue weighted by Crippen LogP contribution is -1.71. The Morgan fingerprint density at radius 1 is 1.14 bits per heavy atom. The lowest BCUT2D eigenvalue weighted by Gasteiger charge is -1.91. The van der Waals surface area contributed by atoms with Gasteiger partial charge in [0.05, 0.1) is 21.6 Å². The molecular weight excluding hydrogens is 196 g/mol. The normalized spacial score (nSPS) is 11.2. The highest BCUT2D eigenvalue weighted by Gasteiger charge is 2.06. The number of nitrogens with zero attached hydrogens (tertiary/aromatic N) is 1. The zero-order chi connectivity index (χ0) is 9.54. The summed E-state index contributed by atoms with van der Waals surface area (Å²) in [5.41, 5.74) is 2.96. The number of para-hydroxylation sites is 1. The predicted octanol–water partition coefficient (Wildman–Crippen LogP) is 3.37. The van der Waals surface area contributed by atoms with Crippen molar-refractivity contribution in [3.8, 4) is 0 Å². The standard InChI is InChI=1S/C11H7ClN2/c12-8-4-1-3-7-10(8)14-9-5-2-6-13-11(7)9/h1-6,14H. The minimum absolute atomic E-state index is 0.737. The minimum Gasteiger partial charge on any atom is -0.352 e. The lowest BCUT2D eigenvalue weighted by molar-refractivity contribution is 1.42. The van der Waals surface area contributed by atoms with Gasteiger partial charge in [-0.3, -0.25) is 4.98 Å². The number of aromatic amines is 1. The number of fused-ring (bicyclic) bond motifs is 3. The zero-order valence-electron chi connectivity index (χ0n) is 7.29. The van der Waals surface area contributed by atoms with Gasteiger partial charge in [0.15, 0.2) is 0 Å². The molecule has 2 aromatic heterocycles. The van der Waals surface area contributed by atoms with E-state index in [1.165, 1.54) is 0 Å². The number of aromatic nitrogens is 2. The third-order valence-corrected chi connectivity index (χ3v) is 2.65. The molecule has 0 unspecified atom stereocenters. The maximum absolute atomic E-state index is 6.07. The molecule has 0 aliphatic heterocycles. The highest BCUT2D eigenvalue weighted by molar-refractivity contribution is 6.36. The molecule has 0 atom stereocenters. The molecule has 0 saturated heterocycles. The van der Waals surface area contributed by atoms with Crippen molar-refractivity contribution in [2.75, 3.05) is 0 Å². The Hall–Kier alpha value is -1.54. The van der Waals surface area contributed by atoms with Gasteiger partial charge in [-0.25, -0.2) is 0 Å². The molecule has 1 aromatic carbocycles. The van der Waals surface area contributed by atoms with Crippen LogP contribution in [0.1, 0.15) is 0 Å². The quantitative estimate of drug-likeness (QED) is 0.595. The third kappa shape index (κ3) is 0.946. The topological polar surface area (TPSA) is 28.7 Å². The SMILES string of the molecule is Clc1cccc2c1[nH]c1cccnc12. The smallest absolute Gasteiger partial charge is 0.0958 e. The van der Waals surface area contributed by atoms with Crippen LogP contribution in [0.2, 0.25) is 5.02 Å². The van der Waals surface area contributed by atoms with E-state index in [0.29, 0.717) is 0 Å². The first-order valence-corrected chi connectivity index (χ1v) is 4.75. The average molecular weight is 203 g/mol. The zero-order valence-corrected chi connectivity index (χ0v) is 8.05. The van der Waals surface area contributed by atoms with Gasteiger partial charge in [-0.2, -0.15) is 0 Å². The summed E-state index contributed by atoms with van der Waals surface area (Å²) in [5.74, 6) is 0. The van der Waals surface area contributed by atoms with Crippen LogP contribution in [0.3, 0.4) is 0 Å². The van der Waals surface area contributed by atoms with E-state index >= 15 is 0 Å². The first-order valence-electron chi connectivity index (χ1n) is 4.37. The summed E-state index contributed by atoms with van der Waals surface area (Å²) in [6, 6.07) is 9.74. The van der Waals surface area contributed by atoms with Crippen LogP contribution >= 0.6 is 11.6 Å². The molecular formula is C11H7ClN2. The van der Waals surface area contributed by atoms with Gasteiger partial charge in [0.2, 0.25) is 0 Å². The number of hydrogen-bond donors (Lipinski definition) is 1. The van der Waals surface area contributed by atoms with Crippen LogP contribution in [0, 0.1) is 0 Å². The van der Waals surface area contributed by atoms with Crippen molar-refractivity contribution >= 4 is 33.5 Å². The van der Waals surface area contributed by atoms with Crippen LogP contribution in [0.15, 0.2) is 36.5 Å². The fourth-order valence-electron chi connectivity index (χ4n) is 1.70. The molecule has 68 valence electrons. The van der Waals surface area contributed by atoms with Gasteiger partial charge < -0.3 is 4.98 Å². The van der Waals surface area contributed by atoms with Crippen molar-refractivity contribution in [2.24, 2.45) is 0 Å². The number of hydrogen-bond acceptors (Lipinski definition) is 1. The molecule has 2 heterocycles. The molecule has 0 aliphatic carbocycles. The van der Waals surface area contributed by atoms with Crippen molar-refractivity contribution in [1.82, 2.24) is 9.97 Å². The highest BCUT2D eigenvalue weighted by Crippen LogP contribution is 2.28. The second kappa shape index (κ2) is 2.72. The van der Waals surface area contributed by atoms with Crippen molar-refractivity contribution in [3.05, 3.63) is 41.6 Å². The summed E-state index contributed by atoms with van der Waals surface area (Å²) in [5, 5.41) is 1.81. The largest absolute Gasteiger partial charge is 0.352 e.